The zero-order valence-corrected chi connectivity index (χ0v) is 9.34. The molecule has 1 saturated heterocycles. The summed E-state index contributed by atoms with van der Waals surface area (Å²) in [5.41, 5.74) is 1.17. The van der Waals surface area contributed by atoms with E-state index in [1.54, 1.807) is 0 Å². The Labute approximate surface area is 96.0 Å². The number of rotatable bonds is 4. The number of hydrogen-bond donors (Lipinski definition) is 1. The predicted molar refractivity (Wildman–Crippen MR) is 60.8 cm³/mol. The second-order valence-corrected chi connectivity index (χ2v) is 4.14. The zero-order chi connectivity index (χ0) is 11.2. The SMILES string of the molecule is O[C@H]1CCCC(COCc2ccccc2)O1. The van der Waals surface area contributed by atoms with Gasteiger partial charge in [0.1, 0.15) is 0 Å². The first kappa shape index (κ1) is 11.6. The number of hydrogen-bond acceptors (Lipinski definition) is 3. The molecule has 0 bridgehead atoms. The van der Waals surface area contributed by atoms with Crippen LogP contribution in [-0.4, -0.2) is 24.1 Å². The van der Waals surface area contributed by atoms with Crippen molar-refractivity contribution >= 4 is 0 Å². The summed E-state index contributed by atoms with van der Waals surface area (Å²) in [6, 6.07) is 10.1. The van der Waals surface area contributed by atoms with Gasteiger partial charge in [-0.15, -0.1) is 0 Å². The number of ether oxygens (including phenoxy) is 2. The molecule has 3 heteroatoms. The lowest BCUT2D eigenvalue weighted by atomic mass is 10.1. The van der Waals surface area contributed by atoms with Crippen LogP contribution in [0.2, 0.25) is 0 Å². The minimum atomic E-state index is -0.598. The third kappa shape index (κ3) is 3.59. The molecule has 0 amide bonds. The van der Waals surface area contributed by atoms with Gasteiger partial charge in [-0.25, -0.2) is 0 Å². The Balaban J connectivity index is 1.68. The van der Waals surface area contributed by atoms with Crippen LogP contribution in [0.25, 0.3) is 0 Å². The first-order valence-electron chi connectivity index (χ1n) is 5.80. The number of aliphatic hydroxyl groups is 1. The lowest BCUT2D eigenvalue weighted by molar-refractivity contribution is -0.178. The summed E-state index contributed by atoms with van der Waals surface area (Å²) < 4.78 is 10.9. The van der Waals surface area contributed by atoms with Gasteiger partial charge in [-0.05, 0) is 24.8 Å². The average molecular weight is 222 g/mol. The third-order valence-electron chi connectivity index (χ3n) is 2.74. The third-order valence-corrected chi connectivity index (χ3v) is 2.74. The van der Waals surface area contributed by atoms with Crippen LogP contribution in [0.5, 0.6) is 0 Å². The van der Waals surface area contributed by atoms with Crippen LogP contribution >= 0.6 is 0 Å². The Morgan fingerprint density at radius 3 is 2.81 bits per heavy atom. The van der Waals surface area contributed by atoms with E-state index in [1.165, 1.54) is 5.56 Å². The molecule has 0 saturated carbocycles. The van der Waals surface area contributed by atoms with Gasteiger partial charge in [-0.2, -0.15) is 0 Å². The van der Waals surface area contributed by atoms with Gasteiger partial charge in [0.05, 0.1) is 19.3 Å². The fraction of sp³-hybridized carbons (Fsp3) is 0.538. The molecule has 0 radical (unpaired) electrons. The van der Waals surface area contributed by atoms with Gasteiger partial charge >= 0.3 is 0 Å². The van der Waals surface area contributed by atoms with Gasteiger partial charge in [0.2, 0.25) is 0 Å². The summed E-state index contributed by atoms with van der Waals surface area (Å²) in [6.07, 6.45) is 2.19. The molecule has 0 aromatic heterocycles. The highest BCUT2D eigenvalue weighted by Crippen LogP contribution is 2.17. The van der Waals surface area contributed by atoms with Gasteiger partial charge in [0, 0.05) is 0 Å². The molecule has 1 aliphatic rings. The van der Waals surface area contributed by atoms with Crippen LogP contribution in [0.3, 0.4) is 0 Å². The van der Waals surface area contributed by atoms with Gasteiger partial charge in [0.25, 0.3) is 0 Å². The van der Waals surface area contributed by atoms with E-state index in [0.29, 0.717) is 13.2 Å². The fourth-order valence-electron chi connectivity index (χ4n) is 1.88. The van der Waals surface area contributed by atoms with E-state index in [4.69, 9.17) is 9.47 Å². The van der Waals surface area contributed by atoms with Crippen molar-refractivity contribution in [3.05, 3.63) is 35.9 Å². The maximum Gasteiger partial charge on any atom is 0.155 e. The minimum absolute atomic E-state index is 0.0486. The summed E-state index contributed by atoms with van der Waals surface area (Å²) in [5, 5.41) is 9.32. The van der Waals surface area contributed by atoms with Crippen molar-refractivity contribution < 1.29 is 14.6 Å². The lowest BCUT2D eigenvalue weighted by Crippen LogP contribution is -2.30. The largest absolute Gasteiger partial charge is 0.374 e. The molecule has 2 atom stereocenters. The van der Waals surface area contributed by atoms with Crippen LogP contribution in [0.4, 0.5) is 0 Å². The highest BCUT2D eigenvalue weighted by Gasteiger charge is 2.20. The van der Waals surface area contributed by atoms with Crippen LogP contribution in [0.15, 0.2) is 30.3 Å². The number of benzene rings is 1. The monoisotopic (exact) mass is 222 g/mol. The molecule has 0 aliphatic carbocycles. The quantitative estimate of drug-likeness (QED) is 0.847. The molecule has 1 aliphatic heterocycles. The van der Waals surface area contributed by atoms with Crippen molar-refractivity contribution in [1.29, 1.82) is 0 Å². The van der Waals surface area contributed by atoms with Crippen LogP contribution < -0.4 is 0 Å². The van der Waals surface area contributed by atoms with E-state index in [1.807, 2.05) is 30.3 Å². The van der Waals surface area contributed by atoms with Crippen LogP contribution in [0.1, 0.15) is 24.8 Å². The molecule has 1 N–H and O–H groups in total. The van der Waals surface area contributed by atoms with Crippen molar-refractivity contribution in [2.45, 2.75) is 38.3 Å². The molecule has 88 valence electrons. The second kappa shape index (κ2) is 5.99. The first-order valence-corrected chi connectivity index (χ1v) is 5.80. The van der Waals surface area contributed by atoms with E-state index in [0.717, 1.165) is 19.3 Å². The summed E-state index contributed by atoms with van der Waals surface area (Å²) in [5.74, 6) is 0. The van der Waals surface area contributed by atoms with E-state index in [-0.39, 0.29) is 6.10 Å². The molecule has 0 spiro atoms. The smallest absolute Gasteiger partial charge is 0.155 e. The topological polar surface area (TPSA) is 38.7 Å². The molecular formula is C13H18O3. The van der Waals surface area contributed by atoms with Crippen molar-refractivity contribution in [1.82, 2.24) is 0 Å². The highest BCUT2D eigenvalue weighted by molar-refractivity contribution is 5.13. The molecule has 2 rings (SSSR count). The standard InChI is InChI=1S/C13H18O3/c14-13-8-4-7-12(16-13)10-15-9-11-5-2-1-3-6-11/h1-3,5-6,12-14H,4,7-10H2/t12?,13-/m1/s1. The summed E-state index contributed by atoms with van der Waals surface area (Å²) in [7, 11) is 0. The molecule has 1 fully saturated rings. The summed E-state index contributed by atoms with van der Waals surface area (Å²) in [6.45, 7) is 1.17. The minimum Gasteiger partial charge on any atom is -0.374 e. The molecule has 1 heterocycles. The zero-order valence-electron chi connectivity index (χ0n) is 9.34. The van der Waals surface area contributed by atoms with Crippen molar-refractivity contribution in [2.24, 2.45) is 0 Å². The Morgan fingerprint density at radius 1 is 1.25 bits per heavy atom. The Kier molecular flexibility index (Phi) is 4.34. The fourth-order valence-corrected chi connectivity index (χ4v) is 1.88. The average Bonchev–Trinajstić information content (AvgIpc) is 2.30. The van der Waals surface area contributed by atoms with Gasteiger partial charge in [0.15, 0.2) is 6.29 Å². The van der Waals surface area contributed by atoms with E-state index in [9.17, 15) is 5.11 Å². The van der Waals surface area contributed by atoms with E-state index >= 15 is 0 Å². The normalized spacial score (nSPS) is 25.6. The maximum absolute atomic E-state index is 9.32. The van der Waals surface area contributed by atoms with E-state index in [2.05, 4.69) is 0 Å². The van der Waals surface area contributed by atoms with Crippen molar-refractivity contribution in [3.8, 4) is 0 Å². The lowest BCUT2D eigenvalue weighted by Gasteiger charge is -2.26. The molecule has 1 aromatic rings. The van der Waals surface area contributed by atoms with Crippen LogP contribution in [-0.2, 0) is 16.1 Å². The summed E-state index contributed by atoms with van der Waals surface area (Å²) in [4.78, 5) is 0. The molecular weight excluding hydrogens is 204 g/mol. The first-order chi connectivity index (χ1) is 7.84. The Morgan fingerprint density at radius 2 is 2.06 bits per heavy atom. The summed E-state index contributed by atoms with van der Waals surface area (Å²) >= 11 is 0. The van der Waals surface area contributed by atoms with Crippen molar-refractivity contribution in [2.75, 3.05) is 6.61 Å². The highest BCUT2D eigenvalue weighted by atomic mass is 16.6. The Hall–Kier alpha value is -0.900. The van der Waals surface area contributed by atoms with Gasteiger partial charge in [-0.1, -0.05) is 30.3 Å². The molecule has 1 unspecified atom stereocenters. The maximum atomic E-state index is 9.32. The Bertz CT molecular complexity index is 299. The number of aliphatic hydroxyl groups excluding tert-OH is 1. The molecule has 3 nitrogen and oxygen atoms in total. The predicted octanol–water partition coefficient (Wildman–Crippen LogP) is 2.09. The molecule has 1 aromatic carbocycles. The van der Waals surface area contributed by atoms with E-state index < -0.39 is 6.29 Å². The molecule has 16 heavy (non-hydrogen) atoms. The second-order valence-electron chi connectivity index (χ2n) is 4.14. The van der Waals surface area contributed by atoms with Crippen LogP contribution in [0, 0.1) is 0 Å². The van der Waals surface area contributed by atoms with Gasteiger partial charge < -0.3 is 14.6 Å². The van der Waals surface area contributed by atoms with Gasteiger partial charge in [-0.3, -0.25) is 0 Å². The van der Waals surface area contributed by atoms with Crippen molar-refractivity contribution in [3.63, 3.8) is 0 Å².